The van der Waals surface area contributed by atoms with Gasteiger partial charge in [0.05, 0.1) is 20.2 Å². The van der Waals surface area contributed by atoms with E-state index in [0.717, 1.165) is 11.8 Å². The summed E-state index contributed by atoms with van der Waals surface area (Å²) in [5.74, 6) is -0.286. The van der Waals surface area contributed by atoms with E-state index in [1.807, 2.05) is 49.3 Å². The third kappa shape index (κ3) is 4.07. The second kappa shape index (κ2) is 7.73. The van der Waals surface area contributed by atoms with Crippen LogP contribution in [-0.2, 0) is 4.79 Å². The Bertz CT molecular complexity index is 1090. The number of anilines is 2. The molecule has 2 heterocycles. The number of aromatic nitrogens is 1. The van der Waals surface area contributed by atoms with Crippen molar-refractivity contribution in [2.24, 2.45) is 0 Å². The van der Waals surface area contributed by atoms with Gasteiger partial charge in [-0.2, -0.15) is 5.26 Å². The first-order chi connectivity index (χ1) is 12.9. The van der Waals surface area contributed by atoms with Gasteiger partial charge >= 0.3 is 0 Å². The molecule has 1 aromatic carbocycles. The monoisotopic (exact) mass is 400 g/mol. The molecule has 0 aliphatic rings. The van der Waals surface area contributed by atoms with Gasteiger partial charge in [0.25, 0.3) is 5.56 Å². The number of carbonyl (C=O) groups excluding carboxylic acids is 1. The highest BCUT2D eigenvalue weighted by Crippen LogP contribution is 2.39. The van der Waals surface area contributed by atoms with E-state index < -0.39 is 5.56 Å². The number of hydrogen-bond acceptors (Lipinski definition) is 7. The highest BCUT2D eigenvalue weighted by Gasteiger charge is 2.17. The molecule has 3 N–H and O–H groups in total. The predicted molar refractivity (Wildman–Crippen MR) is 109 cm³/mol. The van der Waals surface area contributed by atoms with E-state index >= 15 is 0 Å². The molecule has 0 saturated carbocycles. The Balaban J connectivity index is 1.73. The van der Waals surface area contributed by atoms with E-state index in [1.165, 1.54) is 23.1 Å². The van der Waals surface area contributed by atoms with Crippen molar-refractivity contribution in [3.8, 4) is 11.8 Å². The number of amides is 1. The maximum atomic E-state index is 12.2. The maximum Gasteiger partial charge on any atom is 0.252 e. The molecule has 1 amide bonds. The average Bonchev–Trinajstić information content (AvgIpc) is 2.98. The van der Waals surface area contributed by atoms with Gasteiger partial charge in [-0.1, -0.05) is 0 Å². The predicted octanol–water partition coefficient (Wildman–Crippen LogP) is 2.96. The van der Waals surface area contributed by atoms with Gasteiger partial charge in [-0.15, -0.1) is 23.1 Å². The van der Waals surface area contributed by atoms with Crippen LogP contribution in [0.1, 0.15) is 5.56 Å². The lowest BCUT2D eigenvalue weighted by Gasteiger charge is -2.13. The molecule has 0 atom stereocenters. The topological polar surface area (TPSA) is 109 Å². The summed E-state index contributed by atoms with van der Waals surface area (Å²) in [5.41, 5.74) is 1.79. The van der Waals surface area contributed by atoms with Gasteiger partial charge < -0.3 is 20.3 Å². The fourth-order valence-corrected chi connectivity index (χ4v) is 4.58. The molecule has 0 aliphatic carbocycles. The molecule has 0 fully saturated rings. The molecular formula is C18H16N4O3S2. The molecule has 138 valence electrons. The van der Waals surface area contributed by atoms with E-state index in [0.29, 0.717) is 20.1 Å². The Hall–Kier alpha value is -2.96. The number of thiophene rings is 1. The zero-order valence-electron chi connectivity index (χ0n) is 14.6. The summed E-state index contributed by atoms with van der Waals surface area (Å²) >= 11 is 2.36. The summed E-state index contributed by atoms with van der Waals surface area (Å²) in [6.45, 7) is 0. The van der Waals surface area contributed by atoms with Crippen molar-refractivity contribution in [1.29, 1.82) is 5.26 Å². The van der Waals surface area contributed by atoms with Crippen molar-refractivity contribution in [3.05, 3.63) is 46.2 Å². The lowest BCUT2D eigenvalue weighted by molar-refractivity contribution is -0.113. The molecule has 7 nitrogen and oxygen atoms in total. The molecule has 0 spiro atoms. The van der Waals surface area contributed by atoms with Crippen LogP contribution in [0.5, 0.6) is 5.75 Å². The number of nitriles is 1. The van der Waals surface area contributed by atoms with Gasteiger partial charge in [0, 0.05) is 31.5 Å². The van der Waals surface area contributed by atoms with Crippen molar-refractivity contribution in [1.82, 2.24) is 4.98 Å². The molecule has 9 heteroatoms. The van der Waals surface area contributed by atoms with E-state index in [4.69, 9.17) is 0 Å². The van der Waals surface area contributed by atoms with Crippen molar-refractivity contribution in [3.63, 3.8) is 0 Å². The number of hydrogen-bond donors (Lipinski definition) is 3. The van der Waals surface area contributed by atoms with Crippen LogP contribution in [0.3, 0.4) is 0 Å². The van der Waals surface area contributed by atoms with Crippen LogP contribution in [0.25, 0.3) is 10.2 Å². The van der Waals surface area contributed by atoms with Gasteiger partial charge in [0.15, 0.2) is 0 Å². The second-order valence-corrected chi connectivity index (χ2v) is 8.14. The first-order valence-corrected chi connectivity index (χ1v) is 9.68. The van der Waals surface area contributed by atoms with Crippen LogP contribution in [0, 0.1) is 11.3 Å². The molecule has 27 heavy (non-hydrogen) atoms. The third-order valence-electron chi connectivity index (χ3n) is 3.74. The fourth-order valence-electron chi connectivity index (χ4n) is 2.43. The van der Waals surface area contributed by atoms with Crippen LogP contribution < -0.4 is 15.8 Å². The molecule has 0 aliphatic heterocycles. The van der Waals surface area contributed by atoms with Crippen LogP contribution >= 0.6 is 23.1 Å². The summed E-state index contributed by atoms with van der Waals surface area (Å²) in [6, 6.07) is 10.6. The van der Waals surface area contributed by atoms with E-state index in [1.54, 1.807) is 0 Å². The van der Waals surface area contributed by atoms with Gasteiger partial charge in [-0.25, -0.2) is 0 Å². The molecular weight excluding hydrogens is 384 g/mol. The number of aromatic hydroxyl groups is 1. The number of fused-ring (bicyclic) bond motifs is 1. The SMILES string of the molecule is CN(C)c1ccc(NC(=O)CSc2sc3c(O)cc(=O)[nH]c3c2C#N)cc1. The molecule has 0 radical (unpaired) electrons. The maximum absolute atomic E-state index is 12.2. The standard InChI is InChI=1S/C18H16N4O3S2/c1-22(2)11-5-3-10(4-6-11)20-15(25)9-26-18-12(8-19)16-17(27-18)13(23)7-14(24)21-16/h3-7H,9H2,1-2H3,(H,20,25)(H2,21,23,24). The quantitative estimate of drug-likeness (QED) is 0.568. The van der Waals surface area contributed by atoms with E-state index in [9.17, 15) is 20.0 Å². The van der Waals surface area contributed by atoms with Gasteiger partial charge in [0.2, 0.25) is 5.91 Å². The number of rotatable bonds is 5. The zero-order chi connectivity index (χ0) is 19.6. The Morgan fingerprint density at radius 1 is 1.37 bits per heavy atom. The molecule has 0 saturated heterocycles. The number of benzene rings is 1. The highest BCUT2D eigenvalue weighted by atomic mass is 32.2. The normalized spacial score (nSPS) is 10.6. The summed E-state index contributed by atoms with van der Waals surface area (Å²) in [7, 11) is 3.88. The number of thioether (sulfide) groups is 1. The fraction of sp³-hybridized carbons (Fsp3) is 0.167. The van der Waals surface area contributed by atoms with Crippen LogP contribution in [0.2, 0.25) is 0 Å². The van der Waals surface area contributed by atoms with Crippen LogP contribution in [-0.4, -0.2) is 35.8 Å². The minimum absolute atomic E-state index is 0.0991. The minimum Gasteiger partial charge on any atom is -0.506 e. The molecule has 3 rings (SSSR count). The number of pyridine rings is 1. The first kappa shape index (κ1) is 18.8. The summed E-state index contributed by atoms with van der Waals surface area (Å²) in [6.07, 6.45) is 0. The van der Waals surface area contributed by atoms with Gasteiger partial charge in [0.1, 0.15) is 17.4 Å². The third-order valence-corrected chi connectivity index (χ3v) is 6.22. The van der Waals surface area contributed by atoms with Crippen LogP contribution in [0.15, 0.2) is 39.3 Å². The Morgan fingerprint density at radius 3 is 2.70 bits per heavy atom. The van der Waals surface area contributed by atoms with Gasteiger partial charge in [-0.05, 0) is 24.3 Å². The number of aromatic amines is 1. The van der Waals surface area contributed by atoms with Crippen molar-refractivity contribution in [2.45, 2.75) is 4.21 Å². The van der Waals surface area contributed by atoms with Crippen molar-refractivity contribution in [2.75, 3.05) is 30.1 Å². The van der Waals surface area contributed by atoms with E-state index in [-0.39, 0.29) is 23.0 Å². The summed E-state index contributed by atoms with van der Waals surface area (Å²) < 4.78 is 0.996. The van der Waals surface area contributed by atoms with E-state index in [2.05, 4.69) is 10.3 Å². The smallest absolute Gasteiger partial charge is 0.252 e. The Morgan fingerprint density at radius 2 is 2.07 bits per heavy atom. The lowest BCUT2D eigenvalue weighted by Crippen LogP contribution is -2.14. The summed E-state index contributed by atoms with van der Waals surface area (Å²) in [4.78, 5) is 28.3. The second-order valence-electron chi connectivity index (χ2n) is 5.88. The van der Waals surface area contributed by atoms with Gasteiger partial charge in [-0.3, -0.25) is 9.59 Å². The zero-order valence-corrected chi connectivity index (χ0v) is 16.2. The first-order valence-electron chi connectivity index (χ1n) is 7.88. The average molecular weight is 400 g/mol. The Kier molecular flexibility index (Phi) is 5.39. The lowest BCUT2D eigenvalue weighted by atomic mass is 10.2. The number of H-pyrrole nitrogens is 1. The number of nitrogens with one attached hydrogen (secondary N) is 2. The summed E-state index contributed by atoms with van der Waals surface area (Å²) in [5, 5.41) is 22.1. The molecule has 0 unspecified atom stereocenters. The number of nitrogens with zero attached hydrogens (tertiary/aromatic N) is 2. The van der Waals surface area contributed by atoms with Crippen LogP contribution in [0.4, 0.5) is 11.4 Å². The van der Waals surface area contributed by atoms with Crippen molar-refractivity contribution < 1.29 is 9.90 Å². The Labute approximate surface area is 163 Å². The minimum atomic E-state index is -0.482. The largest absolute Gasteiger partial charge is 0.506 e. The molecule has 0 bridgehead atoms. The van der Waals surface area contributed by atoms with Crippen molar-refractivity contribution >= 4 is 50.6 Å². The highest BCUT2D eigenvalue weighted by molar-refractivity contribution is 8.02. The molecule has 2 aromatic heterocycles. The molecule has 3 aromatic rings. The number of carbonyl (C=O) groups is 1.